The molecule has 0 radical (unpaired) electrons. The van der Waals surface area contributed by atoms with E-state index in [1.165, 1.54) is 0 Å². The largest absolute Gasteiger partial charge is 0.481 e. The Morgan fingerprint density at radius 3 is 2.16 bits per heavy atom. The molecular formula is C26H35N3O3. The van der Waals surface area contributed by atoms with Crippen LogP contribution < -0.4 is 15.5 Å². The van der Waals surface area contributed by atoms with Gasteiger partial charge in [0.05, 0.1) is 17.3 Å². The maximum Gasteiger partial charge on any atom is 0.323 e. The summed E-state index contributed by atoms with van der Waals surface area (Å²) < 4.78 is 0. The molecular weight excluding hydrogens is 402 g/mol. The van der Waals surface area contributed by atoms with Crippen LogP contribution in [0.15, 0.2) is 42.5 Å². The summed E-state index contributed by atoms with van der Waals surface area (Å²) in [5.41, 5.74) is 4.48. The summed E-state index contributed by atoms with van der Waals surface area (Å²) in [5.74, 6) is -0.166. The van der Waals surface area contributed by atoms with Crippen LogP contribution in [0.3, 0.4) is 0 Å². The van der Waals surface area contributed by atoms with Crippen LogP contribution in [0.4, 0.5) is 21.9 Å². The zero-order chi connectivity index (χ0) is 23.4. The molecule has 2 amide bonds. The maximum atomic E-state index is 12.8. The number of nitrogens with one attached hydrogen (secondary N) is 2. The van der Waals surface area contributed by atoms with E-state index < -0.39 is 5.97 Å². The van der Waals surface area contributed by atoms with Crippen LogP contribution in [-0.2, 0) is 4.79 Å². The van der Waals surface area contributed by atoms with Gasteiger partial charge >= 0.3 is 12.0 Å². The normalized spacial score (nSPS) is 17.3. The lowest BCUT2D eigenvalue weighted by atomic mass is 10.0. The van der Waals surface area contributed by atoms with Gasteiger partial charge in [-0.15, -0.1) is 0 Å². The van der Waals surface area contributed by atoms with Crippen molar-refractivity contribution >= 4 is 29.1 Å². The minimum absolute atomic E-state index is 0.00547. The molecule has 1 fully saturated rings. The van der Waals surface area contributed by atoms with Crippen LogP contribution in [0.25, 0.3) is 0 Å². The topological polar surface area (TPSA) is 81.7 Å². The van der Waals surface area contributed by atoms with Gasteiger partial charge in [-0.2, -0.15) is 0 Å². The minimum atomic E-state index is -0.757. The molecule has 0 unspecified atom stereocenters. The molecule has 2 aromatic carbocycles. The van der Waals surface area contributed by atoms with E-state index in [9.17, 15) is 14.7 Å². The third kappa shape index (κ3) is 6.25. The molecule has 6 nitrogen and oxygen atoms in total. The number of carboxylic acid groups (broad SMARTS) is 1. The summed E-state index contributed by atoms with van der Waals surface area (Å²) in [6.45, 7) is 12.5. The molecule has 2 atom stereocenters. The fraction of sp³-hybridized carbons (Fsp3) is 0.462. The molecule has 1 aliphatic rings. The van der Waals surface area contributed by atoms with Gasteiger partial charge in [0.25, 0.3) is 0 Å². The van der Waals surface area contributed by atoms with Gasteiger partial charge in [0.15, 0.2) is 0 Å². The number of anilines is 3. The van der Waals surface area contributed by atoms with Gasteiger partial charge in [0.2, 0.25) is 0 Å². The average Bonchev–Trinajstić information content (AvgIpc) is 3.50. The van der Waals surface area contributed by atoms with Crippen LogP contribution in [-0.4, -0.2) is 30.2 Å². The van der Waals surface area contributed by atoms with E-state index in [1.807, 2.05) is 49.4 Å². The van der Waals surface area contributed by atoms with Gasteiger partial charge in [0, 0.05) is 18.8 Å². The number of nitrogens with zero attached hydrogens (tertiary/aromatic N) is 1. The molecule has 0 aromatic heterocycles. The molecule has 3 rings (SSSR count). The van der Waals surface area contributed by atoms with Crippen molar-refractivity contribution < 1.29 is 14.7 Å². The highest BCUT2D eigenvalue weighted by Gasteiger charge is 2.44. The van der Waals surface area contributed by atoms with Crippen LogP contribution in [0.5, 0.6) is 0 Å². The van der Waals surface area contributed by atoms with E-state index in [0.29, 0.717) is 23.9 Å². The lowest BCUT2D eigenvalue weighted by Crippen LogP contribution is -2.32. The minimum Gasteiger partial charge on any atom is -0.481 e. The summed E-state index contributed by atoms with van der Waals surface area (Å²) in [7, 11) is 0. The lowest BCUT2D eigenvalue weighted by molar-refractivity contribution is -0.138. The summed E-state index contributed by atoms with van der Waals surface area (Å²) in [5, 5.41) is 15.3. The van der Waals surface area contributed by atoms with Gasteiger partial charge in [-0.25, -0.2) is 4.79 Å². The zero-order valence-corrected chi connectivity index (χ0v) is 19.7. The number of rotatable bonds is 9. The molecule has 172 valence electrons. The Balaban J connectivity index is 1.88. The number of aryl methyl sites for hydroxylation is 1. The highest BCUT2D eigenvalue weighted by molar-refractivity contribution is 6.02. The van der Waals surface area contributed by atoms with Gasteiger partial charge in [-0.1, -0.05) is 51.5 Å². The maximum absolute atomic E-state index is 12.8. The Labute approximate surface area is 191 Å². The Morgan fingerprint density at radius 2 is 1.62 bits per heavy atom. The van der Waals surface area contributed by atoms with Crippen molar-refractivity contribution in [3.05, 3.63) is 53.6 Å². The summed E-state index contributed by atoms with van der Waals surface area (Å²) in [4.78, 5) is 26.5. The number of carbonyl (C=O) groups excluding carboxylic acids is 1. The second kappa shape index (κ2) is 10.1. The van der Waals surface area contributed by atoms with Crippen molar-refractivity contribution in [1.29, 1.82) is 0 Å². The average molecular weight is 438 g/mol. The number of urea groups is 1. The van der Waals surface area contributed by atoms with E-state index in [2.05, 4.69) is 43.2 Å². The molecule has 6 heteroatoms. The van der Waals surface area contributed by atoms with Gasteiger partial charge in [0.1, 0.15) is 0 Å². The molecule has 2 aromatic rings. The lowest BCUT2D eigenvalue weighted by Gasteiger charge is -2.30. The molecule has 1 saturated carbocycles. The van der Waals surface area contributed by atoms with Crippen molar-refractivity contribution in [3.8, 4) is 0 Å². The van der Waals surface area contributed by atoms with Crippen molar-refractivity contribution in [2.75, 3.05) is 28.6 Å². The van der Waals surface area contributed by atoms with Crippen LogP contribution in [0, 0.1) is 24.7 Å². The fourth-order valence-corrected chi connectivity index (χ4v) is 4.07. The molecule has 3 N–H and O–H groups in total. The van der Waals surface area contributed by atoms with E-state index in [0.717, 1.165) is 35.6 Å². The fourth-order valence-electron chi connectivity index (χ4n) is 4.07. The molecule has 0 heterocycles. The molecule has 32 heavy (non-hydrogen) atoms. The van der Waals surface area contributed by atoms with Crippen molar-refractivity contribution in [3.63, 3.8) is 0 Å². The number of hydrogen-bond donors (Lipinski definition) is 3. The number of hydrogen-bond acceptors (Lipinski definition) is 3. The van der Waals surface area contributed by atoms with Crippen molar-refractivity contribution in [1.82, 2.24) is 0 Å². The summed E-state index contributed by atoms with van der Waals surface area (Å²) in [6, 6.07) is 13.3. The predicted octanol–water partition coefficient (Wildman–Crippen LogP) is 5.95. The summed E-state index contributed by atoms with van der Waals surface area (Å²) >= 11 is 0. The first-order chi connectivity index (χ1) is 15.1. The SMILES string of the molecule is Cc1ccc(NC(=O)Nc2cc([C@@H]3C[C@@H]3C(=O)O)ccc2N(CC(C)C)CC(C)C)cc1. The molecule has 1 aliphatic carbocycles. The van der Waals surface area contributed by atoms with E-state index >= 15 is 0 Å². The Kier molecular flexibility index (Phi) is 7.44. The van der Waals surface area contributed by atoms with Crippen LogP contribution >= 0.6 is 0 Å². The number of carbonyl (C=O) groups is 2. The highest BCUT2D eigenvalue weighted by atomic mass is 16.4. The number of benzene rings is 2. The predicted molar refractivity (Wildman–Crippen MR) is 131 cm³/mol. The van der Waals surface area contributed by atoms with Gasteiger partial charge in [-0.3, -0.25) is 4.79 Å². The smallest absolute Gasteiger partial charge is 0.323 e. The first kappa shape index (κ1) is 23.6. The first-order valence-corrected chi connectivity index (χ1v) is 11.4. The quantitative estimate of drug-likeness (QED) is 0.453. The zero-order valence-electron chi connectivity index (χ0n) is 19.7. The van der Waals surface area contributed by atoms with E-state index in [4.69, 9.17) is 0 Å². The monoisotopic (exact) mass is 437 g/mol. The third-order valence-corrected chi connectivity index (χ3v) is 5.63. The molecule has 0 saturated heterocycles. The second-order valence-corrected chi connectivity index (χ2v) is 9.70. The molecule has 0 spiro atoms. The Morgan fingerprint density at radius 1 is 1.00 bits per heavy atom. The first-order valence-electron chi connectivity index (χ1n) is 11.4. The van der Waals surface area contributed by atoms with Gasteiger partial charge in [-0.05, 0) is 60.9 Å². The summed E-state index contributed by atoms with van der Waals surface area (Å²) in [6.07, 6.45) is 0.644. The Bertz CT molecular complexity index is 943. The van der Waals surface area contributed by atoms with Crippen LogP contribution in [0.1, 0.15) is 51.2 Å². The number of aliphatic carboxylic acids is 1. The number of carboxylic acids is 1. The van der Waals surface area contributed by atoms with Crippen molar-refractivity contribution in [2.45, 2.75) is 47.0 Å². The molecule has 0 aliphatic heterocycles. The van der Waals surface area contributed by atoms with Crippen molar-refractivity contribution in [2.24, 2.45) is 17.8 Å². The highest BCUT2D eigenvalue weighted by Crippen LogP contribution is 2.49. The molecule has 0 bridgehead atoms. The van der Waals surface area contributed by atoms with E-state index in [-0.39, 0.29) is 17.9 Å². The second-order valence-electron chi connectivity index (χ2n) is 9.70. The number of amides is 2. The van der Waals surface area contributed by atoms with Gasteiger partial charge < -0.3 is 20.6 Å². The van der Waals surface area contributed by atoms with Crippen LogP contribution in [0.2, 0.25) is 0 Å². The van der Waals surface area contributed by atoms with E-state index in [1.54, 1.807) is 0 Å². The third-order valence-electron chi connectivity index (χ3n) is 5.63. The Hall–Kier alpha value is -3.02. The standard InChI is InChI=1S/C26H35N3O3/c1-16(2)14-29(15-17(3)4)24-11-8-19(21-13-22(21)25(30)31)12-23(24)28-26(32)27-20-9-6-18(5)7-10-20/h6-12,16-17,21-22H,13-15H2,1-5H3,(H,30,31)(H2,27,28,32)/t21-,22-/m0/s1.